The third-order valence-electron chi connectivity index (χ3n) is 2.39. The molecule has 0 spiro atoms. The largest absolute Gasteiger partial charge is 0.315 e. The SMILES string of the molecule is CNCc1sc(-c2cncs2)nc1C(C)(C)C. The van der Waals surface area contributed by atoms with E-state index in [9.17, 15) is 0 Å². The van der Waals surface area contributed by atoms with Crippen LogP contribution in [0.25, 0.3) is 9.88 Å². The predicted octanol–water partition coefficient (Wildman–Crippen LogP) is 3.28. The first kappa shape index (κ1) is 12.7. The highest BCUT2D eigenvalue weighted by Gasteiger charge is 2.23. The van der Waals surface area contributed by atoms with E-state index in [0.29, 0.717) is 0 Å². The Hall–Kier alpha value is -0.780. The van der Waals surface area contributed by atoms with Gasteiger partial charge in [0.1, 0.15) is 5.01 Å². The van der Waals surface area contributed by atoms with Gasteiger partial charge < -0.3 is 5.32 Å². The van der Waals surface area contributed by atoms with Crippen molar-refractivity contribution in [1.29, 1.82) is 0 Å². The Labute approximate surface area is 110 Å². The molecule has 0 saturated heterocycles. The van der Waals surface area contributed by atoms with Crippen LogP contribution in [-0.2, 0) is 12.0 Å². The highest BCUT2D eigenvalue weighted by Crippen LogP contribution is 2.35. The molecular formula is C12H17N3S2. The van der Waals surface area contributed by atoms with Gasteiger partial charge in [0, 0.05) is 23.0 Å². The molecule has 0 fully saturated rings. The number of thiazole rings is 2. The zero-order valence-electron chi connectivity index (χ0n) is 10.6. The van der Waals surface area contributed by atoms with Crippen molar-refractivity contribution in [2.45, 2.75) is 32.7 Å². The fraction of sp³-hybridized carbons (Fsp3) is 0.500. The normalized spacial score (nSPS) is 12.0. The first-order valence-electron chi connectivity index (χ1n) is 5.56. The Morgan fingerprint density at radius 1 is 1.35 bits per heavy atom. The zero-order chi connectivity index (χ0) is 12.5. The second-order valence-corrected chi connectivity index (χ2v) is 6.91. The van der Waals surface area contributed by atoms with Gasteiger partial charge in [-0.3, -0.25) is 4.98 Å². The van der Waals surface area contributed by atoms with Gasteiger partial charge in [0.2, 0.25) is 0 Å². The van der Waals surface area contributed by atoms with E-state index in [2.05, 4.69) is 31.1 Å². The summed E-state index contributed by atoms with van der Waals surface area (Å²) < 4.78 is 0. The van der Waals surface area contributed by atoms with Gasteiger partial charge in [-0.1, -0.05) is 20.8 Å². The molecule has 0 radical (unpaired) electrons. The van der Waals surface area contributed by atoms with Crippen LogP contribution < -0.4 is 5.32 Å². The molecule has 0 aliphatic rings. The van der Waals surface area contributed by atoms with Gasteiger partial charge in [-0.2, -0.15) is 0 Å². The van der Waals surface area contributed by atoms with E-state index in [1.807, 2.05) is 18.8 Å². The summed E-state index contributed by atoms with van der Waals surface area (Å²) in [6.07, 6.45) is 1.89. The summed E-state index contributed by atoms with van der Waals surface area (Å²) >= 11 is 3.41. The van der Waals surface area contributed by atoms with Crippen LogP contribution in [0.4, 0.5) is 0 Å². The van der Waals surface area contributed by atoms with Crippen LogP contribution in [0.5, 0.6) is 0 Å². The standard InChI is InChI=1S/C12H17N3S2/c1-12(2,3)10-8(5-13-4)17-11(15-10)9-6-14-7-16-9/h6-7,13H,5H2,1-4H3. The third kappa shape index (κ3) is 2.73. The number of nitrogens with one attached hydrogen (secondary N) is 1. The predicted molar refractivity (Wildman–Crippen MR) is 74.7 cm³/mol. The second kappa shape index (κ2) is 4.84. The molecular weight excluding hydrogens is 250 g/mol. The van der Waals surface area contributed by atoms with E-state index < -0.39 is 0 Å². The van der Waals surface area contributed by atoms with Crippen LogP contribution in [0, 0.1) is 0 Å². The topological polar surface area (TPSA) is 37.8 Å². The molecule has 0 aliphatic carbocycles. The molecule has 1 N–H and O–H groups in total. The molecule has 0 aliphatic heterocycles. The molecule has 17 heavy (non-hydrogen) atoms. The maximum Gasteiger partial charge on any atom is 0.135 e. The van der Waals surface area contributed by atoms with Crippen molar-refractivity contribution in [2.24, 2.45) is 0 Å². The molecule has 5 heteroatoms. The van der Waals surface area contributed by atoms with E-state index in [0.717, 1.165) is 16.4 Å². The Morgan fingerprint density at radius 3 is 2.65 bits per heavy atom. The number of hydrogen-bond acceptors (Lipinski definition) is 5. The summed E-state index contributed by atoms with van der Waals surface area (Å²) in [7, 11) is 1.97. The van der Waals surface area contributed by atoms with Crippen LogP contribution in [0.2, 0.25) is 0 Å². The fourth-order valence-electron chi connectivity index (χ4n) is 1.64. The van der Waals surface area contributed by atoms with E-state index in [1.165, 1.54) is 10.6 Å². The first-order chi connectivity index (χ1) is 8.02. The van der Waals surface area contributed by atoms with E-state index in [1.54, 1.807) is 22.7 Å². The summed E-state index contributed by atoms with van der Waals surface area (Å²) in [5, 5.41) is 4.30. The molecule has 0 aromatic carbocycles. The fourth-order valence-corrected chi connectivity index (χ4v) is 3.61. The van der Waals surface area contributed by atoms with Gasteiger partial charge >= 0.3 is 0 Å². The molecule has 3 nitrogen and oxygen atoms in total. The van der Waals surface area contributed by atoms with E-state index >= 15 is 0 Å². The van der Waals surface area contributed by atoms with Gasteiger partial charge in [-0.25, -0.2) is 4.98 Å². The summed E-state index contributed by atoms with van der Waals surface area (Å²) in [6, 6.07) is 0. The smallest absolute Gasteiger partial charge is 0.135 e. The van der Waals surface area contributed by atoms with Crippen molar-refractivity contribution in [3.63, 3.8) is 0 Å². The Bertz CT molecular complexity index is 480. The molecule has 2 aromatic heterocycles. The number of nitrogens with zero attached hydrogens (tertiary/aromatic N) is 2. The quantitative estimate of drug-likeness (QED) is 0.927. The molecule has 0 bridgehead atoms. The third-order valence-corrected chi connectivity index (χ3v) is 4.39. The Morgan fingerprint density at radius 2 is 2.12 bits per heavy atom. The van der Waals surface area contributed by atoms with Crippen molar-refractivity contribution in [2.75, 3.05) is 7.05 Å². The lowest BCUT2D eigenvalue weighted by atomic mass is 9.91. The highest BCUT2D eigenvalue weighted by atomic mass is 32.1. The monoisotopic (exact) mass is 267 g/mol. The molecule has 0 amide bonds. The Kier molecular flexibility index (Phi) is 3.61. The summed E-state index contributed by atoms with van der Waals surface area (Å²) in [4.78, 5) is 11.4. The number of aromatic nitrogens is 2. The molecule has 2 aromatic rings. The number of hydrogen-bond donors (Lipinski definition) is 1. The average Bonchev–Trinajstić information content (AvgIpc) is 2.82. The molecule has 2 heterocycles. The van der Waals surface area contributed by atoms with E-state index in [4.69, 9.17) is 4.98 Å². The van der Waals surface area contributed by atoms with E-state index in [-0.39, 0.29) is 5.41 Å². The average molecular weight is 267 g/mol. The van der Waals surface area contributed by atoms with Gasteiger partial charge in [0.05, 0.1) is 16.1 Å². The van der Waals surface area contributed by atoms with Crippen LogP contribution in [0.1, 0.15) is 31.3 Å². The molecule has 0 atom stereocenters. The minimum absolute atomic E-state index is 0.0889. The molecule has 0 unspecified atom stereocenters. The van der Waals surface area contributed by atoms with Gasteiger partial charge in [-0.05, 0) is 7.05 Å². The maximum absolute atomic E-state index is 4.79. The summed E-state index contributed by atoms with van der Waals surface area (Å²) in [5.41, 5.74) is 3.14. The minimum Gasteiger partial charge on any atom is -0.315 e. The van der Waals surface area contributed by atoms with Crippen molar-refractivity contribution in [1.82, 2.24) is 15.3 Å². The number of rotatable bonds is 3. The van der Waals surface area contributed by atoms with Crippen LogP contribution in [0.15, 0.2) is 11.7 Å². The zero-order valence-corrected chi connectivity index (χ0v) is 12.2. The van der Waals surface area contributed by atoms with Gasteiger partial charge in [0.15, 0.2) is 0 Å². The highest BCUT2D eigenvalue weighted by molar-refractivity contribution is 7.20. The van der Waals surface area contributed by atoms with Crippen LogP contribution in [0.3, 0.4) is 0 Å². The van der Waals surface area contributed by atoms with Gasteiger partial charge in [0.25, 0.3) is 0 Å². The molecule has 0 saturated carbocycles. The van der Waals surface area contributed by atoms with Crippen molar-refractivity contribution >= 4 is 22.7 Å². The van der Waals surface area contributed by atoms with Crippen molar-refractivity contribution in [3.05, 3.63) is 22.3 Å². The van der Waals surface area contributed by atoms with Crippen molar-refractivity contribution < 1.29 is 0 Å². The van der Waals surface area contributed by atoms with Crippen molar-refractivity contribution in [3.8, 4) is 9.88 Å². The van der Waals surface area contributed by atoms with Crippen LogP contribution in [-0.4, -0.2) is 17.0 Å². The lowest BCUT2D eigenvalue weighted by Gasteiger charge is -2.17. The molecule has 2 rings (SSSR count). The van der Waals surface area contributed by atoms with Gasteiger partial charge in [-0.15, -0.1) is 22.7 Å². The summed E-state index contributed by atoms with van der Waals surface area (Å²) in [5.74, 6) is 0. The minimum atomic E-state index is 0.0889. The lowest BCUT2D eigenvalue weighted by molar-refractivity contribution is 0.564. The van der Waals surface area contributed by atoms with Crippen LogP contribution >= 0.6 is 22.7 Å². The first-order valence-corrected chi connectivity index (χ1v) is 7.25. The maximum atomic E-state index is 4.79. The second-order valence-electron chi connectivity index (χ2n) is 4.94. The molecule has 92 valence electrons. The lowest BCUT2D eigenvalue weighted by Crippen LogP contribution is -2.16. The summed E-state index contributed by atoms with van der Waals surface area (Å²) in [6.45, 7) is 7.50. The Balaban J connectivity index is 2.45.